The van der Waals surface area contributed by atoms with Gasteiger partial charge in [0.15, 0.2) is 0 Å². The van der Waals surface area contributed by atoms with Gasteiger partial charge in [-0.05, 0) is 30.2 Å². The second kappa shape index (κ2) is 5.80. The van der Waals surface area contributed by atoms with E-state index in [1.165, 1.54) is 18.4 Å². The normalized spacial score (nSPS) is 25.7. The van der Waals surface area contributed by atoms with E-state index in [1.54, 1.807) is 0 Å². The fraction of sp³-hybridized carbons (Fsp3) is 0.611. The van der Waals surface area contributed by atoms with Crippen molar-refractivity contribution in [2.45, 2.75) is 57.0 Å². The summed E-state index contributed by atoms with van der Waals surface area (Å²) in [6, 6.07) is 11.5. The van der Waals surface area contributed by atoms with Crippen molar-refractivity contribution in [2.24, 2.45) is 0 Å². The predicted octanol–water partition coefficient (Wildman–Crippen LogP) is 2.71. The summed E-state index contributed by atoms with van der Waals surface area (Å²) in [6.45, 7) is 6.14. The Bertz CT molecular complexity index is 497. The molecule has 0 radical (unpaired) electrons. The Balaban J connectivity index is 1.65. The van der Waals surface area contributed by atoms with E-state index in [-0.39, 0.29) is 5.41 Å². The molecule has 2 atom stereocenters. The lowest BCUT2D eigenvalue weighted by Gasteiger charge is -2.30. The zero-order valence-corrected chi connectivity index (χ0v) is 13.1. The molecule has 2 aliphatic heterocycles. The standard InChI is InChI=1S/C18H26N2O/c1-18(2,14-6-4-3-5-7-14)12-17(21)20-11-10-15-8-9-16(13-20)19-15/h3-7,15-16,19H,8-13H2,1-2H3. The Kier molecular flexibility index (Phi) is 4.03. The molecular weight excluding hydrogens is 260 g/mol. The van der Waals surface area contributed by atoms with E-state index in [0.29, 0.717) is 24.4 Å². The van der Waals surface area contributed by atoms with Crippen LogP contribution in [0.4, 0.5) is 0 Å². The largest absolute Gasteiger partial charge is 0.341 e. The van der Waals surface area contributed by atoms with Gasteiger partial charge < -0.3 is 10.2 Å². The Morgan fingerprint density at radius 3 is 2.67 bits per heavy atom. The number of carbonyl (C=O) groups excluding carboxylic acids is 1. The van der Waals surface area contributed by atoms with Crippen molar-refractivity contribution >= 4 is 5.91 Å². The van der Waals surface area contributed by atoms with Crippen LogP contribution in [0.1, 0.15) is 45.1 Å². The maximum Gasteiger partial charge on any atom is 0.223 e. The van der Waals surface area contributed by atoms with Gasteiger partial charge in [-0.15, -0.1) is 0 Å². The van der Waals surface area contributed by atoms with Gasteiger partial charge in [0, 0.05) is 31.6 Å². The number of nitrogens with one attached hydrogen (secondary N) is 1. The summed E-state index contributed by atoms with van der Waals surface area (Å²) in [5.41, 5.74) is 1.14. The first kappa shape index (κ1) is 14.6. The second-order valence-electron chi connectivity index (χ2n) is 7.19. The van der Waals surface area contributed by atoms with Crippen molar-refractivity contribution in [1.29, 1.82) is 0 Å². The average Bonchev–Trinajstić information content (AvgIpc) is 2.78. The molecule has 3 heteroatoms. The van der Waals surface area contributed by atoms with Gasteiger partial charge in [-0.3, -0.25) is 4.79 Å². The third-order valence-electron chi connectivity index (χ3n) is 5.02. The quantitative estimate of drug-likeness (QED) is 0.926. The maximum absolute atomic E-state index is 12.7. The van der Waals surface area contributed by atoms with Crippen molar-refractivity contribution in [3.05, 3.63) is 35.9 Å². The lowest BCUT2D eigenvalue weighted by atomic mass is 9.81. The molecule has 0 saturated carbocycles. The summed E-state index contributed by atoms with van der Waals surface area (Å²) >= 11 is 0. The number of amides is 1. The van der Waals surface area contributed by atoms with Crippen molar-refractivity contribution < 1.29 is 4.79 Å². The van der Waals surface area contributed by atoms with Gasteiger partial charge in [-0.25, -0.2) is 0 Å². The fourth-order valence-corrected chi connectivity index (χ4v) is 3.65. The van der Waals surface area contributed by atoms with Gasteiger partial charge in [0.25, 0.3) is 0 Å². The molecule has 1 N–H and O–H groups in total. The predicted molar refractivity (Wildman–Crippen MR) is 85.2 cm³/mol. The highest BCUT2D eigenvalue weighted by molar-refractivity contribution is 5.78. The molecule has 114 valence electrons. The molecule has 3 rings (SSSR count). The summed E-state index contributed by atoms with van der Waals surface area (Å²) in [5, 5.41) is 3.64. The van der Waals surface area contributed by atoms with Crippen LogP contribution in [0.2, 0.25) is 0 Å². The van der Waals surface area contributed by atoms with E-state index in [9.17, 15) is 4.79 Å². The molecule has 0 aliphatic carbocycles. The zero-order chi connectivity index (χ0) is 14.9. The minimum absolute atomic E-state index is 0.100. The van der Waals surface area contributed by atoms with Crippen LogP contribution in [0.15, 0.2) is 30.3 Å². The molecule has 2 fully saturated rings. The SMILES string of the molecule is CC(C)(CC(=O)N1CCC2CCC(C1)N2)c1ccccc1. The van der Waals surface area contributed by atoms with E-state index < -0.39 is 0 Å². The van der Waals surface area contributed by atoms with E-state index >= 15 is 0 Å². The molecule has 0 aromatic heterocycles. The summed E-state index contributed by atoms with van der Waals surface area (Å²) < 4.78 is 0. The smallest absolute Gasteiger partial charge is 0.223 e. The summed E-state index contributed by atoms with van der Waals surface area (Å²) in [5.74, 6) is 0.304. The monoisotopic (exact) mass is 286 g/mol. The van der Waals surface area contributed by atoms with Crippen LogP contribution in [0.25, 0.3) is 0 Å². The number of benzene rings is 1. The highest BCUT2D eigenvalue weighted by Gasteiger charge is 2.33. The lowest BCUT2D eigenvalue weighted by molar-refractivity contribution is -0.132. The number of hydrogen-bond donors (Lipinski definition) is 1. The van der Waals surface area contributed by atoms with Crippen LogP contribution in [-0.4, -0.2) is 36.0 Å². The molecule has 2 heterocycles. The summed E-state index contributed by atoms with van der Waals surface area (Å²) in [6.07, 6.45) is 4.20. The fourth-order valence-electron chi connectivity index (χ4n) is 3.65. The maximum atomic E-state index is 12.7. The Labute approximate surface area is 127 Å². The number of carbonyl (C=O) groups is 1. The number of rotatable bonds is 3. The molecule has 3 nitrogen and oxygen atoms in total. The van der Waals surface area contributed by atoms with Crippen molar-refractivity contribution in [3.63, 3.8) is 0 Å². The number of nitrogens with zero attached hydrogens (tertiary/aromatic N) is 1. The Hall–Kier alpha value is -1.35. The third kappa shape index (κ3) is 3.29. The topological polar surface area (TPSA) is 32.3 Å². The average molecular weight is 286 g/mol. The molecule has 2 bridgehead atoms. The van der Waals surface area contributed by atoms with E-state index in [1.807, 2.05) is 6.07 Å². The number of likely N-dealkylation sites (tertiary alicyclic amines) is 1. The van der Waals surface area contributed by atoms with Gasteiger partial charge in [-0.1, -0.05) is 44.2 Å². The first-order valence-corrected chi connectivity index (χ1v) is 8.14. The van der Waals surface area contributed by atoms with Crippen molar-refractivity contribution in [1.82, 2.24) is 10.2 Å². The minimum Gasteiger partial charge on any atom is -0.341 e. The zero-order valence-electron chi connectivity index (χ0n) is 13.1. The molecule has 2 saturated heterocycles. The first-order chi connectivity index (χ1) is 10.0. The van der Waals surface area contributed by atoms with Crippen LogP contribution in [0, 0.1) is 0 Å². The van der Waals surface area contributed by atoms with Gasteiger partial charge >= 0.3 is 0 Å². The minimum atomic E-state index is -0.100. The highest BCUT2D eigenvalue weighted by atomic mass is 16.2. The van der Waals surface area contributed by atoms with Gasteiger partial charge in [0.1, 0.15) is 0 Å². The van der Waals surface area contributed by atoms with Crippen molar-refractivity contribution in [3.8, 4) is 0 Å². The highest BCUT2D eigenvalue weighted by Crippen LogP contribution is 2.28. The molecule has 1 aromatic rings. The summed E-state index contributed by atoms with van der Waals surface area (Å²) in [7, 11) is 0. The van der Waals surface area contributed by atoms with E-state index in [4.69, 9.17) is 0 Å². The number of fused-ring (bicyclic) bond motifs is 2. The van der Waals surface area contributed by atoms with Crippen LogP contribution < -0.4 is 5.32 Å². The molecule has 1 aromatic carbocycles. The molecule has 2 aliphatic rings. The van der Waals surface area contributed by atoms with Gasteiger partial charge in [0.2, 0.25) is 5.91 Å². The Morgan fingerprint density at radius 2 is 1.90 bits per heavy atom. The molecule has 1 amide bonds. The van der Waals surface area contributed by atoms with Crippen LogP contribution in [-0.2, 0) is 10.2 Å². The van der Waals surface area contributed by atoms with Gasteiger partial charge in [-0.2, -0.15) is 0 Å². The third-order valence-corrected chi connectivity index (χ3v) is 5.02. The van der Waals surface area contributed by atoms with Crippen LogP contribution >= 0.6 is 0 Å². The van der Waals surface area contributed by atoms with Gasteiger partial charge in [0.05, 0.1) is 0 Å². The number of hydrogen-bond acceptors (Lipinski definition) is 2. The summed E-state index contributed by atoms with van der Waals surface area (Å²) in [4.78, 5) is 14.8. The molecule has 2 unspecified atom stereocenters. The Morgan fingerprint density at radius 1 is 1.19 bits per heavy atom. The first-order valence-electron chi connectivity index (χ1n) is 8.14. The van der Waals surface area contributed by atoms with Crippen molar-refractivity contribution in [2.75, 3.05) is 13.1 Å². The molecular formula is C18H26N2O. The second-order valence-corrected chi connectivity index (χ2v) is 7.19. The van der Waals surface area contributed by atoms with E-state index in [0.717, 1.165) is 19.5 Å². The lowest BCUT2D eigenvalue weighted by Crippen LogP contribution is -2.41. The van der Waals surface area contributed by atoms with E-state index in [2.05, 4.69) is 48.3 Å². The van der Waals surface area contributed by atoms with Crippen LogP contribution in [0.5, 0.6) is 0 Å². The molecule has 0 spiro atoms. The molecule has 21 heavy (non-hydrogen) atoms. The van der Waals surface area contributed by atoms with Crippen LogP contribution in [0.3, 0.4) is 0 Å².